The van der Waals surface area contributed by atoms with Crippen molar-refractivity contribution >= 4 is 70.7 Å². The van der Waals surface area contributed by atoms with Gasteiger partial charge >= 0.3 is 0 Å². The molecular formula is C60H88N2O13S6. The SMILES string of the molecule is COCCCC1NC(=O)C2CSSCC3NCC4C#CC5(CC(C)CC(CSSC4)C5CCC(O)C12)C1CC(Oc2cc4c(cc2O)C(CCO)SSCC(O)C(Cc2cc(OC)c(O)c(OC)c2)C(O)CC(OCO)CC4)CCC31. The van der Waals surface area contributed by atoms with Crippen LogP contribution in [0.3, 0.4) is 0 Å². The Kier molecular flexibility index (Phi) is 23.8. The van der Waals surface area contributed by atoms with Crippen molar-refractivity contribution in [2.75, 3.05) is 76.6 Å². The zero-order valence-corrected chi connectivity index (χ0v) is 52.3. The molecule has 1 spiro atoms. The predicted molar refractivity (Wildman–Crippen MR) is 329 cm³/mol. The van der Waals surface area contributed by atoms with Gasteiger partial charge in [0.05, 0.1) is 50.7 Å². The number of amides is 1. The van der Waals surface area contributed by atoms with Gasteiger partial charge in [-0.25, -0.2) is 0 Å². The number of carbonyl (C=O) groups excluding carboxylic acids is 1. The van der Waals surface area contributed by atoms with Gasteiger partial charge in [0.25, 0.3) is 0 Å². The maximum atomic E-state index is 13.8. The Morgan fingerprint density at radius 3 is 2.32 bits per heavy atom. The van der Waals surface area contributed by atoms with Gasteiger partial charge in [0.2, 0.25) is 11.7 Å². The van der Waals surface area contributed by atoms with Crippen LogP contribution < -0.4 is 24.8 Å². The molecular weight excluding hydrogens is 1150 g/mol. The second-order valence-electron chi connectivity index (χ2n) is 23.9. The first kappa shape index (κ1) is 63.7. The lowest BCUT2D eigenvalue weighted by Gasteiger charge is -2.56. The fourth-order valence-electron chi connectivity index (χ4n) is 15.0. The number of carbonyl (C=O) groups is 1. The summed E-state index contributed by atoms with van der Waals surface area (Å²) in [5, 5.41) is 87.0. The number of aromatic hydroxyl groups is 2. The molecule has 452 valence electrons. The van der Waals surface area contributed by atoms with E-state index in [1.165, 1.54) is 35.8 Å². The fraction of sp³-hybridized carbons (Fsp3) is 0.750. The molecule has 0 aromatic heterocycles. The highest BCUT2D eigenvalue weighted by Gasteiger charge is 2.57. The summed E-state index contributed by atoms with van der Waals surface area (Å²) in [5.74, 6) is 13.3. The van der Waals surface area contributed by atoms with Crippen LogP contribution in [0.1, 0.15) is 106 Å². The molecule has 2 saturated carbocycles. The molecule has 21 heteroatoms. The number of benzene rings is 2. The maximum Gasteiger partial charge on any atom is 0.224 e. The van der Waals surface area contributed by atoms with E-state index in [0.717, 1.165) is 86.3 Å². The number of phenolic OH excluding ortho intramolecular Hbond substituents is 2. The van der Waals surface area contributed by atoms with Crippen LogP contribution in [-0.2, 0) is 27.1 Å². The average Bonchev–Trinajstić information content (AvgIpc) is 3.83. The number of ether oxygens (including phenoxy) is 5. The minimum absolute atomic E-state index is 0.0231. The Hall–Kier alpha value is -1.75. The van der Waals surface area contributed by atoms with Gasteiger partial charge in [-0.15, -0.1) is 0 Å². The zero-order chi connectivity index (χ0) is 57.2. The molecule has 4 fully saturated rings. The van der Waals surface area contributed by atoms with Gasteiger partial charge in [0, 0.05) is 96.1 Å². The molecule has 2 aromatic rings. The van der Waals surface area contributed by atoms with Gasteiger partial charge in [0.1, 0.15) is 6.79 Å². The van der Waals surface area contributed by atoms with Crippen LogP contribution in [0.2, 0.25) is 0 Å². The minimum atomic E-state index is -1.05. The van der Waals surface area contributed by atoms with Crippen molar-refractivity contribution in [3.05, 3.63) is 41.0 Å². The van der Waals surface area contributed by atoms with Gasteiger partial charge in [-0.1, -0.05) is 83.5 Å². The highest BCUT2D eigenvalue weighted by Crippen LogP contribution is 2.61. The molecule has 0 radical (unpaired) electrons. The lowest BCUT2D eigenvalue weighted by atomic mass is 9.48. The zero-order valence-electron chi connectivity index (χ0n) is 47.4. The molecule has 5 heterocycles. The third kappa shape index (κ3) is 15.3. The van der Waals surface area contributed by atoms with Crippen molar-refractivity contribution in [3.63, 3.8) is 0 Å². The van der Waals surface area contributed by atoms with Crippen molar-refractivity contribution in [2.45, 2.75) is 145 Å². The third-order valence-electron chi connectivity index (χ3n) is 18.9. The molecule has 18 unspecified atom stereocenters. The summed E-state index contributed by atoms with van der Waals surface area (Å²) in [7, 11) is 15.2. The van der Waals surface area contributed by atoms with E-state index in [-0.39, 0.29) is 113 Å². The summed E-state index contributed by atoms with van der Waals surface area (Å²) >= 11 is 0. The Balaban J connectivity index is 1.03. The standard InChI is InChI=1S/C60H88N2O13S6/c1-34-18-38-29-77-76-28-35-13-15-60(26-34)45(38)11-12-49(65)57-44(59(70)62-47(57)6-5-17-71-2)30-78-79-31-48(61-27-35)41-10-9-40(23-46(41)60)75-53-22-37-7-8-39(74-33-64)24-50(66)43(19-36-20-54(72-3)58(69)55(21-36)73-4)52(68)32-80-81-56(14-16-63)42(37)25-51(53)67/h20-22,25,34-35,38-41,43-50,52,56-57,61,63-69H,5-12,14,16-19,23-24,26-33H2,1-4H3,(H,62,70). The van der Waals surface area contributed by atoms with Crippen molar-refractivity contribution < 1.29 is 64.2 Å². The van der Waals surface area contributed by atoms with E-state index >= 15 is 0 Å². The molecule has 5 aliphatic heterocycles. The summed E-state index contributed by atoms with van der Waals surface area (Å²) in [5.41, 5.74) is 2.10. The number of nitrogens with one attached hydrogen (secondary N) is 2. The molecule has 2 aliphatic carbocycles. The monoisotopic (exact) mass is 1240 g/mol. The predicted octanol–water partition coefficient (Wildman–Crippen LogP) is 8.66. The molecule has 9 rings (SSSR count). The van der Waals surface area contributed by atoms with E-state index in [4.69, 9.17) is 23.7 Å². The smallest absolute Gasteiger partial charge is 0.224 e. The Morgan fingerprint density at radius 1 is 0.778 bits per heavy atom. The van der Waals surface area contributed by atoms with Gasteiger partial charge in [0.15, 0.2) is 23.0 Å². The van der Waals surface area contributed by atoms with Crippen LogP contribution >= 0.6 is 64.8 Å². The van der Waals surface area contributed by atoms with Crippen molar-refractivity contribution in [1.82, 2.24) is 10.6 Å². The van der Waals surface area contributed by atoms with E-state index in [9.17, 15) is 40.5 Å². The van der Waals surface area contributed by atoms with Crippen molar-refractivity contribution in [2.24, 2.45) is 58.7 Å². The van der Waals surface area contributed by atoms with Gasteiger partial charge < -0.3 is 70.1 Å². The molecule has 1 amide bonds. The van der Waals surface area contributed by atoms with E-state index in [1.807, 2.05) is 38.4 Å². The van der Waals surface area contributed by atoms with Crippen molar-refractivity contribution in [1.29, 1.82) is 0 Å². The van der Waals surface area contributed by atoms with Crippen LogP contribution in [0.15, 0.2) is 24.3 Å². The van der Waals surface area contributed by atoms with Gasteiger partial charge in [-0.05, 0) is 160 Å². The van der Waals surface area contributed by atoms with Crippen molar-refractivity contribution in [3.8, 4) is 40.6 Å². The van der Waals surface area contributed by atoms with Crippen LogP contribution in [0.25, 0.3) is 0 Å². The Labute approximate surface area is 503 Å². The summed E-state index contributed by atoms with van der Waals surface area (Å²) < 4.78 is 29.4. The van der Waals surface area contributed by atoms with Crippen LogP contribution in [0.4, 0.5) is 0 Å². The third-order valence-corrected chi connectivity index (χ3v) is 26.8. The Bertz CT molecular complexity index is 2420. The van der Waals surface area contributed by atoms with Crippen LogP contribution in [-0.4, -0.2) is 161 Å². The molecule has 7 aliphatic rings. The summed E-state index contributed by atoms with van der Waals surface area (Å²) in [6.07, 6.45) is 5.69. The normalized spacial score (nSPS) is 36.9. The molecule has 2 aromatic carbocycles. The second kappa shape index (κ2) is 30.2. The molecule has 4 bridgehead atoms. The number of hydrogen-bond acceptors (Lipinski definition) is 20. The topological polar surface area (TPSA) is 229 Å². The Morgan fingerprint density at radius 2 is 1.56 bits per heavy atom. The number of fused-ring (bicyclic) bond motifs is 3. The maximum absolute atomic E-state index is 13.8. The first-order chi connectivity index (χ1) is 39.3. The number of aliphatic hydroxyl groups excluding tert-OH is 5. The van der Waals surface area contributed by atoms with Crippen LogP contribution in [0, 0.1) is 70.5 Å². The number of methoxy groups -OCH3 is 3. The van der Waals surface area contributed by atoms with E-state index in [2.05, 4.69) is 29.4 Å². The van der Waals surface area contributed by atoms with E-state index < -0.39 is 37.1 Å². The van der Waals surface area contributed by atoms with E-state index in [1.54, 1.807) is 36.1 Å². The molecule has 15 nitrogen and oxygen atoms in total. The number of hydrogen-bond donors (Lipinski definition) is 9. The van der Waals surface area contributed by atoms with E-state index in [0.29, 0.717) is 67.1 Å². The van der Waals surface area contributed by atoms with Crippen LogP contribution in [0.5, 0.6) is 28.7 Å². The summed E-state index contributed by atoms with van der Waals surface area (Å²) in [6.45, 7) is 3.19. The highest BCUT2D eigenvalue weighted by atomic mass is 33.1. The number of phenols is 2. The van der Waals surface area contributed by atoms with Gasteiger partial charge in [-0.3, -0.25) is 4.79 Å². The lowest BCUT2D eigenvalue weighted by Crippen LogP contribution is -2.55. The summed E-state index contributed by atoms with van der Waals surface area (Å²) in [6, 6.07) is 7.20. The number of aliphatic hydroxyl groups is 5. The first-order valence-electron chi connectivity index (χ1n) is 29.4. The molecule has 81 heavy (non-hydrogen) atoms. The number of rotatable bonds is 14. The molecule has 2 saturated heterocycles. The first-order valence-corrected chi connectivity index (χ1v) is 36.8. The quantitative estimate of drug-likeness (QED) is 0.0373. The highest BCUT2D eigenvalue weighted by molar-refractivity contribution is 8.77. The lowest BCUT2D eigenvalue weighted by molar-refractivity contribution is -0.123. The summed E-state index contributed by atoms with van der Waals surface area (Å²) in [4.78, 5) is 13.8. The average molecular weight is 1240 g/mol. The second-order valence-corrected chi connectivity index (χ2v) is 31.6. The minimum Gasteiger partial charge on any atom is -0.504 e. The molecule has 18 atom stereocenters. The fourth-order valence-corrected chi connectivity index (χ4v) is 23.3. The largest absolute Gasteiger partial charge is 0.504 e. The number of aryl methyl sites for hydroxylation is 1. The van der Waals surface area contributed by atoms with Gasteiger partial charge in [-0.2, -0.15) is 0 Å². The molecule has 9 N–H and O–H groups in total.